The summed E-state index contributed by atoms with van der Waals surface area (Å²) >= 11 is 3.20. The second-order valence-electron chi connectivity index (χ2n) is 6.66. The topological polar surface area (TPSA) is 49.4 Å². The summed E-state index contributed by atoms with van der Waals surface area (Å²) in [7, 11) is 1.78. The monoisotopic (exact) mass is 408 g/mol. The number of fused-ring (bicyclic) bond motifs is 1. The van der Waals surface area contributed by atoms with E-state index in [0.717, 1.165) is 21.0 Å². The fourth-order valence-electron chi connectivity index (χ4n) is 3.69. The van der Waals surface area contributed by atoms with E-state index in [9.17, 15) is 9.59 Å². The van der Waals surface area contributed by atoms with Crippen molar-refractivity contribution in [3.05, 3.63) is 82.0 Å². The van der Waals surface area contributed by atoms with Crippen molar-refractivity contribution in [2.75, 3.05) is 18.6 Å². The maximum Gasteiger partial charge on any atom is 0.254 e. The molecule has 0 saturated heterocycles. The van der Waals surface area contributed by atoms with Crippen LogP contribution in [-0.4, -0.2) is 30.0 Å². The number of benzene rings is 2. The summed E-state index contributed by atoms with van der Waals surface area (Å²) in [6.07, 6.45) is 2.01. The van der Waals surface area contributed by atoms with Gasteiger partial charge in [0.15, 0.2) is 0 Å². The third-order valence-electron chi connectivity index (χ3n) is 5.03. The SMILES string of the molecule is CSc1cccc(NC(=O)[C@H]2c3ccccc3C(=O)N(C)[C@@H]2c2cccs2)c1. The molecule has 4 nitrogen and oxygen atoms in total. The van der Waals surface area contributed by atoms with E-state index in [1.807, 2.05) is 66.2 Å². The Hall–Kier alpha value is -2.57. The number of rotatable bonds is 4. The lowest BCUT2D eigenvalue weighted by molar-refractivity contribution is -0.119. The summed E-state index contributed by atoms with van der Waals surface area (Å²) in [5, 5.41) is 5.05. The third-order valence-corrected chi connectivity index (χ3v) is 6.70. The van der Waals surface area contributed by atoms with E-state index in [1.165, 1.54) is 0 Å². The maximum atomic E-state index is 13.4. The molecule has 0 aliphatic carbocycles. The van der Waals surface area contributed by atoms with Crippen molar-refractivity contribution < 1.29 is 9.59 Å². The number of carbonyl (C=O) groups is 2. The molecule has 0 bridgehead atoms. The van der Waals surface area contributed by atoms with Gasteiger partial charge in [-0.25, -0.2) is 0 Å². The zero-order valence-electron chi connectivity index (χ0n) is 15.6. The van der Waals surface area contributed by atoms with Crippen molar-refractivity contribution in [2.24, 2.45) is 0 Å². The van der Waals surface area contributed by atoms with Crippen LogP contribution < -0.4 is 5.32 Å². The van der Waals surface area contributed by atoms with E-state index >= 15 is 0 Å². The lowest BCUT2D eigenvalue weighted by atomic mass is 9.81. The van der Waals surface area contributed by atoms with Crippen molar-refractivity contribution in [3.8, 4) is 0 Å². The van der Waals surface area contributed by atoms with E-state index in [2.05, 4.69) is 5.32 Å². The van der Waals surface area contributed by atoms with Crippen LogP contribution in [-0.2, 0) is 4.79 Å². The van der Waals surface area contributed by atoms with Crippen LogP contribution in [0.4, 0.5) is 5.69 Å². The minimum Gasteiger partial charge on any atom is -0.333 e. The highest BCUT2D eigenvalue weighted by molar-refractivity contribution is 7.98. The molecule has 3 aromatic rings. The van der Waals surface area contributed by atoms with Gasteiger partial charge in [-0.3, -0.25) is 9.59 Å². The van der Waals surface area contributed by atoms with Crippen molar-refractivity contribution in [1.82, 2.24) is 4.90 Å². The Bertz CT molecular complexity index is 1020. The first-order valence-electron chi connectivity index (χ1n) is 8.94. The number of carbonyl (C=O) groups excluding carboxylic acids is 2. The number of hydrogen-bond acceptors (Lipinski definition) is 4. The fourth-order valence-corrected chi connectivity index (χ4v) is 5.06. The van der Waals surface area contributed by atoms with Crippen LogP contribution in [0.5, 0.6) is 0 Å². The maximum absolute atomic E-state index is 13.4. The normalized spacial score (nSPS) is 18.6. The molecule has 1 N–H and O–H groups in total. The van der Waals surface area contributed by atoms with Gasteiger partial charge in [0.25, 0.3) is 5.91 Å². The molecule has 2 atom stereocenters. The number of nitrogens with one attached hydrogen (secondary N) is 1. The second kappa shape index (κ2) is 7.81. The average Bonchev–Trinajstić information content (AvgIpc) is 3.25. The molecule has 2 amide bonds. The molecular formula is C22H20N2O2S2. The van der Waals surface area contributed by atoms with Crippen molar-refractivity contribution in [1.29, 1.82) is 0 Å². The van der Waals surface area contributed by atoms with E-state index in [4.69, 9.17) is 0 Å². The van der Waals surface area contributed by atoms with Gasteiger partial charge < -0.3 is 10.2 Å². The van der Waals surface area contributed by atoms with Crippen molar-refractivity contribution >= 4 is 40.6 Å². The Kier molecular flexibility index (Phi) is 5.24. The van der Waals surface area contributed by atoms with Gasteiger partial charge in [0.05, 0.1) is 12.0 Å². The van der Waals surface area contributed by atoms with E-state index in [1.54, 1.807) is 41.1 Å². The Balaban J connectivity index is 1.77. The highest BCUT2D eigenvalue weighted by Crippen LogP contribution is 2.43. The van der Waals surface area contributed by atoms with E-state index in [0.29, 0.717) is 5.56 Å². The van der Waals surface area contributed by atoms with Gasteiger partial charge in [-0.05, 0) is 47.5 Å². The molecule has 0 radical (unpaired) electrons. The van der Waals surface area contributed by atoms with Gasteiger partial charge in [0, 0.05) is 28.1 Å². The van der Waals surface area contributed by atoms with Crippen LogP contribution in [0.2, 0.25) is 0 Å². The van der Waals surface area contributed by atoms with Crippen LogP contribution in [0, 0.1) is 0 Å². The smallest absolute Gasteiger partial charge is 0.254 e. The molecule has 2 aromatic carbocycles. The molecule has 1 aliphatic rings. The summed E-state index contributed by atoms with van der Waals surface area (Å²) in [5.41, 5.74) is 2.14. The Morgan fingerprint density at radius 2 is 1.93 bits per heavy atom. The predicted molar refractivity (Wildman–Crippen MR) is 115 cm³/mol. The van der Waals surface area contributed by atoms with Crippen LogP contribution >= 0.6 is 23.1 Å². The highest BCUT2D eigenvalue weighted by Gasteiger charge is 2.43. The molecule has 4 rings (SSSR count). The van der Waals surface area contributed by atoms with Crippen molar-refractivity contribution in [3.63, 3.8) is 0 Å². The number of thiophene rings is 1. The van der Waals surface area contributed by atoms with Gasteiger partial charge in [-0.2, -0.15) is 0 Å². The van der Waals surface area contributed by atoms with Gasteiger partial charge in [-0.15, -0.1) is 23.1 Å². The first-order valence-corrected chi connectivity index (χ1v) is 11.0. The minimum atomic E-state index is -0.476. The number of thioether (sulfide) groups is 1. The molecule has 0 fully saturated rings. The molecule has 28 heavy (non-hydrogen) atoms. The molecule has 0 unspecified atom stereocenters. The molecule has 2 heterocycles. The van der Waals surface area contributed by atoms with Crippen LogP contribution in [0.3, 0.4) is 0 Å². The van der Waals surface area contributed by atoms with Crippen molar-refractivity contribution in [2.45, 2.75) is 16.9 Å². The Morgan fingerprint density at radius 3 is 2.68 bits per heavy atom. The lowest BCUT2D eigenvalue weighted by Crippen LogP contribution is -2.43. The Labute approximate surface area is 172 Å². The number of nitrogens with zero attached hydrogens (tertiary/aromatic N) is 1. The summed E-state index contributed by atoms with van der Waals surface area (Å²) in [4.78, 5) is 30.1. The number of likely N-dealkylation sites (N-methyl/N-ethyl adjacent to an activating group) is 1. The second-order valence-corrected chi connectivity index (χ2v) is 8.52. The number of anilines is 1. The fraction of sp³-hybridized carbons (Fsp3) is 0.182. The summed E-state index contributed by atoms with van der Waals surface area (Å²) < 4.78 is 0. The lowest BCUT2D eigenvalue weighted by Gasteiger charge is -2.39. The highest BCUT2D eigenvalue weighted by atomic mass is 32.2. The predicted octanol–water partition coefficient (Wildman–Crippen LogP) is 5.02. The first kappa shape index (κ1) is 18.8. The minimum absolute atomic E-state index is 0.0533. The standard InChI is InChI=1S/C22H20N2O2S2/c1-24-20(18-11-6-12-28-18)19(16-9-3-4-10-17(16)22(24)26)21(25)23-14-7-5-8-15(13-14)27-2/h3-13,19-20H,1-2H3,(H,23,25)/t19-,20+/m0/s1. The number of hydrogen-bond donors (Lipinski definition) is 1. The first-order chi connectivity index (χ1) is 13.6. The van der Waals surface area contributed by atoms with Gasteiger partial charge >= 0.3 is 0 Å². The van der Waals surface area contributed by atoms with Gasteiger partial charge in [0.1, 0.15) is 0 Å². The van der Waals surface area contributed by atoms with E-state index in [-0.39, 0.29) is 17.9 Å². The van der Waals surface area contributed by atoms with Crippen LogP contribution in [0.1, 0.15) is 32.8 Å². The zero-order chi connectivity index (χ0) is 19.7. The average molecular weight is 409 g/mol. The van der Waals surface area contributed by atoms with Gasteiger partial charge in [-0.1, -0.05) is 30.3 Å². The molecule has 0 saturated carbocycles. The third kappa shape index (κ3) is 3.34. The molecule has 1 aliphatic heterocycles. The summed E-state index contributed by atoms with van der Waals surface area (Å²) in [5.74, 6) is -0.638. The van der Waals surface area contributed by atoms with Crippen LogP contribution in [0.15, 0.2) is 70.9 Å². The summed E-state index contributed by atoms with van der Waals surface area (Å²) in [6, 6.07) is 18.8. The quantitative estimate of drug-likeness (QED) is 0.617. The van der Waals surface area contributed by atoms with E-state index < -0.39 is 5.92 Å². The largest absolute Gasteiger partial charge is 0.333 e. The zero-order valence-corrected chi connectivity index (χ0v) is 17.2. The molecule has 6 heteroatoms. The number of amides is 2. The van der Waals surface area contributed by atoms with Gasteiger partial charge in [0.2, 0.25) is 5.91 Å². The molecule has 0 spiro atoms. The summed E-state index contributed by atoms with van der Waals surface area (Å²) in [6.45, 7) is 0. The Morgan fingerprint density at radius 1 is 1.11 bits per heavy atom. The van der Waals surface area contributed by atoms with Crippen LogP contribution in [0.25, 0.3) is 0 Å². The molecule has 1 aromatic heterocycles. The molecule has 142 valence electrons. The molecular weight excluding hydrogens is 388 g/mol.